The van der Waals surface area contributed by atoms with E-state index >= 15 is 0 Å². The van der Waals surface area contributed by atoms with Gasteiger partial charge < -0.3 is 0 Å². The van der Waals surface area contributed by atoms with Gasteiger partial charge in [-0.3, -0.25) is 9.59 Å². The van der Waals surface area contributed by atoms with Crippen molar-refractivity contribution in [2.45, 2.75) is 26.7 Å². The van der Waals surface area contributed by atoms with Gasteiger partial charge in [-0.05, 0) is 5.39 Å². The fourth-order valence-corrected chi connectivity index (χ4v) is 2.19. The van der Waals surface area contributed by atoms with E-state index < -0.39 is 0 Å². The molecule has 0 aliphatic rings. The van der Waals surface area contributed by atoms with Gasteiger partial charge in [-0.15, -0.1) is 0 Å². The second-order valence-electron chi connectivity index (χ2n) is 4.26. The van der Waals surface area contributed by atoms with E-state index in [0.29, 0.717) is 24.0 Å². The molecule has 0 unspecified atom stereocenters. The predicted molar refractivity (Wildman–Crippen MR) is 73.2 cm³/mol. The van der Waals surface area contributed by atoms with Crippen LogP contribution in [0.2, 0.25) is 0 Å². The van der Waals surface area contributed by atoms with Gasteiger partial charge in [0.1, 0.15) is 0 Å². The minimum absolute atomic E-state index is 0.0805. The third-order valence-corrected chi connectivity index (χ3v) is 3.15. The standard InChI is InChI=1S/C16H16O2/c1-3-14(17)12-9-5-7-11-8-6-10-13(16(11)12)15(18)4-2/h5-10H,3-4H2,1-2H3. The zero-order valence-corrected chi connectivity index (χ0v) is 10.7. The quantitative estimate of drug-likeness (QED) is 0.756. The second kappa shape index (κ2) is 5.13. The summed E-state index contributed by atoms with van der Waals surface area (Å²) in [6.45, 7) is 3.68. The first-order chi connectivity index (χ1) is 8.69. The summed E-state index contributed by atoms with van der Waals surface area (Å²) in [6.07, 6.45) is 0.904. The van der Waals surface area contributed by atoms with Crippen LogP contribution in [-0.4, -0.2) is 11.6 Å². The summed E-state index contributed by atoms with van der Waals surface area (Å²) in [6, 6.07) is 11.2. The summed E-state index contributed by atoms with van der Waals surface area (Å²) in [4.78, 5) is 24.0. The average molecular weight is 240 g/mol. The summed E-state index contributed by atoms with van der Waals surface area (Å²) in [5, 5.41) is 1.76. The molecule has 0 saturated carbocycles. The molecule has 18 heavy (non-hydrogen) atoms. The number of carbonyl (C=O) groups excluding carboxylic acids is 2. The van der Waals surface area contributed by atoms with E-state index in [0.717, 1.165) is 10.8 Å². The number of ketones is 2. The number of benzene rings is 2. The average Bonchev–Trinajstić information content (AvgIpc) is 2.44. The molecule has 2 nitrogen and oxygen atoms in total. The molecule has 0 fully saturated rings. The Bertz CT molecular complexity index is 561. The van der Waals surface area contributed by atoms with Gasteiger partial charge >= 0.3 is 0 Å². The first-order valence-electron chi connectivity index (χ1n) is 6.27. The molecule has 0 N–H and O–H groups in total. The van der Waals surface area contributed by atoms with E-state index in [-0.39, 0.29) is 11.6 Å². The van der Waals surface area contributed by atoms with Gasteiger partial charge in [0.15, 0.2) is 11.6 Å². The summed E-state index contributed by atoms with van der Waals surface area (Å²) in [5.74, 6) is 0.161. The third kappa shape index (κ3) is 2.06. The van der Waals surface area contributed by atoms with Gasteiger partial charge in [0.25, 0.3) is 0 Å². The van der Waals surface area contributed by atoms with E-state index in [1.807, 2.05) is 38.1 Å². The lowest BCUT2D eigenvalue weighted by Crippen LogP contribution is -2.03. The van der Waals surface area contributed by atoms with Crippen molar-refractivity contribution in [1.29, 1.82) is 0 Å². The maximum absolute atomic E-state index is 12.0. The number of fused-ring (bicyclic) bond motifs is 1. The predicted octanol–water partition coefficient (Wildman–Crippen LogP) is 4.03. The third-order valence-electron chi connectivity index (χ3n) is 3.15. The fraction of sp³-hybridized carbons (Fsp3) is 0.250. The Labute approximate surface area is 107 Å². The lowest BCUT2D eigenvalue weighted by atomic mass is 9.93. The van der Waals surface area contributed by atoms with E-state index in [9.17, 15) is 9.59 Å². The monoisotopic (exact) mass is 240 g/mol. The minimum atomic E-state index is 0.0805. The molecule has 2 aromatic rings. The minimum Gasteiger partial charge on any atom is -0.294 e. The number of hydrogen-bond donors (Lipinski definition) is 0. The Morgan fingerprint density at radius 1 is 0.833 bits per heavy atom. The van der Waals surface area contributed by atoms with Crippen molar-refractivity contribution >= 4 is 22.3 Å². The van der Waals surface area contributed by atoms with E-state index in [4.69, 9.17) is 0 Å². The molecule has 2 aromatic carbocycles. The highest BCUT2D eigenvalue weighted by Gasteiger charge is 2.14. The Hall–Kier alpha value is -1.96. The van der Waals surface area contributed by atoms with Crippen LogP contribution < -0.4 is 0 Å². The van der Waals surface area contributed by atoms with Crippen LogP contribution in [0.4, 0.5) is 0 Å². The lowest BCUT2D eigenvalue weighted by molar-refractivity contribution is 0.0987. The molecule has 0 atom stereocenters. The van der Waals surface area contributed by atoms with Crippen molar-refractivity contribution in [2.75, 3.05) is 0 Å². The molecule has 0 aromatic heterocycles. The molecule has 2 heteroatoms. The highest BCUT2D eigenvalue weighted by molar-refractivity contribution is 6.16. The lowest BCUT2D eigenvalue weighted by Gasteiger charge is -2.09. The van der Waals surface area contributed by atoms with Gasteiger partial charge in [0.2, 0.25) is 0 Å². The Morgan fingerprint density at radius 2 is 1.28 bits per heavy atom. The topological polar surface area (TPSA) is 34.1 Å². The fourth-order valence-electron chi connectivity index (χ4n) is 2.19. The van der Waals surface area contributed by atoms with E-state index in [2.05, 4.69) is 0 Å². The van der Waals surface area contributed by atoms with Gasteiger partial charge in [-0.2, -0.15) is 0 Å². The number of hydrogen-bond acceptors (Lipinski definition) is 2. The molecular formula is C16H16O2. The molecule has 0 saturated heterocycles. The molecule has 0 radical (unpaired) electrons. The molecule has 0 heterocycles. The van der Waals surface area contributed by atoms with Crippen LogP contribution in [0.15, 0.2) is 36.4 Å². The zero-order valence-electron chi connectivity index (χ0n) is 10.7. The Balaban J connectivity index is 2.80. The first-order valence-corrected chi connectivity index (χ1v) is 6.27. The van der Waals surface area contributed by atoms with Crippen molar-refractivity contribution in [2.24, 2.45) is 0 Å². The molecule has 0 bridgehead atoms. The van der Waals surface area contributed by atoms with Crippen LogP contribution in [0.1, 0.15) is 47.4 Å². The van der Waals surface area contributed by atoms with Crippen molar-refractivity contribution in [3.05, 3.63) is 47.5 Å². The van der Waals surface area contributed by atoms with Crippen molar-refractivity contribution in [3.63, 3.8) is 0 Å². The van der Waals surface area contributed by atoms with Crippen LogP contribution in [0, 0.1) is 0 Å². The smallest absolute Gasteiger partial charge is 0.163 e. The maximum atomic E-state index is 12.0. The van der Waals surface area contributed by atoms with E-state index in [1.54, 1.807) is 12.1 Å². The van der Waals surface area contributed by atoms with Crippen LogP contribution in [0.25, 0.3) is 10.8 Å². The van der Waals surface area contributed by atoms with Crippen LogP contribution in [0.5, 0.6) is 0 Å². The van der Waals surface area contributed by atoms with Crippen molar-refractivity contribution < 1.29 is 9.59 Å². The zero-order chi connectivity index (χ0) is 13.1. The largest absolute Gasteiger partial charge is 0.294 e. The molecule has 2 rings (SSSR count). The Morgan fingerprint density at radius 3 is 1.67 bits per heavy atom. The van der Waals surface area contributed by atoms with Crippen LogP contribution in [-0.2, 0) is 0 Å². The van der Waals surface area contributed by atoms with Crippen molar-refractivity contribution in [3.8, 4) is 0 Å². The van der Waals surface area contributed by atoms with Crippen LogP contribution in [0.3, 0.4) is 0 Å². The summed E-state index contributed by atoms with van der Waals surface area (Å²) < 4.78 is 0. The van der Waals surface area contributed by atoms with Gasteiger partial charge in [-0.1, -0.05) is 50.2 Å². The number of Topliss-reactive ketones (excluding diaryl/α,β-unsaturated/α-hetero) is 2. The summed E-state index contributed by atoms with van der Waals surface area (Å²) in [7, 11) is 0. The van der Waals surface area contributed by atoms with Crippen molar-refractivity contribution in [1.82, 2.24) is 0 Å². The molecule has 0 aliphatic carbocycles. The van der Waals surface area contributed by atoms with Gasteiger partial charge in [0, 0.05) is 29.4 Å². The molecule has 0 amide bonds. The molecular weight excluding hydrogens is 224 g/mol. The highest BCUT2D eigenvalue weighted by atomic mass is 16.1. The number of carbonyl (C=O) groups is 2. The normalized spacial score (nSPS) is 10.6. The molecule has 0 aliphatic heterocycles. The molecule has 92 valence electrons. The SMILES string of the molecule is CCC(=O)c1cccc2cccc(C(=O)CC)c12. The van der Waals surface area contributed by atoms with E-state index in [1.165, 1.54) is 0 Å². The van der Waals surface area contributed by atoms with Crippen LogP contribution >= 0.6 is 0 Å². The summed E-state index contributed by atoms with van der Waals surface area (Å²) in [5.41, 5.74) is 1.32. The number of rotatable bonds is 4. The van der Waals surface area contributed by atoms with Gasteiger partial charge in [-0.25, -0.2) is 0 Å². The Kier molecular flexibility index (Phi) is 3.56. The summed E-state index contributed by atoms with van der Waals surface area (Å²) >= 11 is 0. The molecule has 0 spiro atoms. The first kappa shape index (κ1) is 12.5. The highest BCUT2D eigenvalue weighted by Crippen LogP contribution is 2.25. The second-order valence-corrected chi connectivity index (χ2v) is 4.26. The van der Waals surface area contributed by atoms with Gasteiger partial charge in [0.05, 0.1) is 0 Å². The maximum Gasteiger partial charge on any atom is 0.163 e.